The Morgan fingerprint density at radius 3 is 2.72 bits per heavy atom. The maximum absolute atomic E-state index is 13.1. The van der Waals surface area contributed by atoms with Gasteiger partial charge < -0.3 is 10.0 Å². The summed E-state index contributed by atoms with van der Waals surface area (Å²) in [6.45, 7) is 0.169. The summed E-state index contributed by atoms with van der Waals surface area (Å²) in [5.41, 5.74) is 1.19. The SMILES string of the molecule is O=C(O)CC1Sc2ccc(Br)cc2N(Cc2nc3c(Cl)c(Cl)cc(Cl)c3s2)C1=O. The molecule has 2 heterocycles. The summed E-state index contributed by atoms with van der Waals surface area (Å²) in [5.74, 6) is -1.30. The summed E-state index contributed by atoms with van der Waals surface area (Å²) in [4.78, 5) is 31.2. The minimum atomic E-state index is -1.02. The van der Waals surface area contributed by atoms with Crippen LogP contribution in [0.5, 0.6) is 0 Å². The highest BCUT2D eigenvalue weighted by Crippen LogP contribution is 2.44. The van der Waals surface area contributed by atoms with Gasteiger partial charge in [-0.3, -0.25) is 9.59 Å². The van der Waals surface area contributed by atoms with Crippen LogP contribution in [0.4, 0.5) is 5.69 Å². The van der Waals surface area contributed by atoms with Gasteiger partial charge in [-0.1, -0.05) is 50.7 Å². The quantitative estimate of drug-likeness (QED) is 0.374. The predicted molar refractivity (Wildman–Crippen MR) is 122 cm³/mol. The molecule has 11 heteroatoms. The van der Waals surface area contributed by atoms with Gasteiger partial charge in [0, 0.05) is 9.37 Å². The van der Waals surface area contributed by atoms with Crippen molar-refractivity contribution in [2.24, 2.45) is 0 Å². The van der Waals surface area contributed by atoms with E-state index in [-0.39, 0.29) is 18.9 Å². The molecule has 4 rings (SSSR count). The summed E-state index contributed by atoms with van der Waals surface area (Å²) in [5, 5.41) is 10.1. The van der Waals surface area contributed by atoms with E-state index in [9.17, 15) is 14.7 Å². The number of hydrogen-bond acceptors (Lipinski definition) is 5. The first kappa shape index (κ1) is 21.2. The standard InChI is InChI=1S/C18H10BrCl3N2O3S2/c19-7-1-2-11-10(3-7)24(18(27)12(28-11)5-14(25)26)6-13-23-16-15(22)8(20)4-9(21)17(16)29-13/h1-4,12H,5-6H2,(H,25,26). The molecular formula is C18H10BrCl3N2O3S2. The lowest BCUT2D eigenvalue weighted by molar-refractivity contribution is -0.138. The van der Waals surface area contributed by atoms with Gasteiger partial charge in [0.15, 0.2) is 0 Å². The second-order valence-corrected chi connectivity index (χ2v) is 10.6. The zero-order chi connectivity index (χ0) is 20.9. The van der Waals surface area contributed by atoms with Crippen LogP contribution in [0, 0.1) is 0 Å². The minimum Gasteiger partial charge on any atom is -0.481 e. The molecule has 1 N–H and O–H groups in total. The molecule has 5 nitrogen and oxygen atoms in total. The Kier molecular flexibility index (Phi) is 6.03. The number of thiazole rings is 1. The van der Waals surface area contributed by atoms with Gasteiger partial charge in [-0.15, -0.1) is 23.1 Å². The molecule has 1 aromatic heterocycles. The fourth-order valence-electron chi connectivity index (χ4n) is 2.98. The van der Waals surface area contributed by atoms with Crippen LogP contribution in [-0.4, -0.2) is 27.2 Å². The number of aliphatic carboxylic acids is 1. The van der Waals surface area contributed by atoms with Crippen molar-refractivity contribution in [2.45, 2.75) is 23.1 Å². The van der Waals surface area contributed by atoms with E-state index in [0.29, 0.717) is 36.0 Å². The van der Waals surface area contributed by atoms with Crippen LogP contribution < -0.4 is 4.90 Å². The zero-order valence-electron chi connectivity index (χ0n) is 14.3. The maximum Gasteiger partial charge on any atom is 0.305 e. The molecule has 150 valence electrons. The number of anilines is 1. The first-order valence-electron chi connectivity index (χ1n) is 8.17. The Hall–Kier alpha value is -1.03. The third-order valence-electron chi connectivity index (χ3n) is 4.24. The van der Waals surface area contributed by atoms with Crippen molar-refractivity contribution in [1.29, 1.82) is 0 Å². The van der Waals surface area contributed by atoms with E-state index < -0.39 is 11.2 Å². The van der Waals surface area contributed by atoms with Gasteiger partial charge in [-0.05, 0) is 24.3 Å². The molecule has 2 aromatic carbocycles. The molecule has 0 saturated heterocycles. The van der Waals surface area contributed by atoms with Crippen molar-refractivity contribution in [3.63, 3.8) is 0 Å². The van der Waals surface area contributed by atoms with Crippen molar-refractivity contribution in [3.8, 4) is 0 Å². The highest BCUT2D eigenvalue weighted by molar-refractivity contribution is 9.10. The van der Waals surface area contributed by atoms with Crippen LogP contribution in [0.3, 0.4) is 0 Å². The number of carboxylic acids is 1. The van der Waals surface area contributed by atoms with E-state index in [2.05, 4.69) is 20.9 Å². The van der Waals surface area contributed by atoms with E-state index >= 15 is 0 Å². The van der Waals surface area contributed by atoms with Crippen LogP contribution in [0.2, 0.25) is 15.1 Å². The number of carbonyl (C=O) groups excluding carboxylic acids is 1. The number of carbonyl (C=O) groups is 2. The fourth-order valence-corrected chi connectivity index (χ4v) is 6.31. The normalized spacial score (nSPS) is 16.3. The van der Waals surface area contributed by atoms with Crippen LogP contribution >= 0.6 is 73.8 Å². The van der Waals surface area contributed by atoms with Gasteiger partial charge in [0.1, 0.15) is 10.5 Å². The Morgan fingerprint density at radius 2 is 2.00 bits per heavy atom. The number of rotatable bonds is 4. The number of amides is 1. The number of hydrogen-bond donors (Lipinski definition) is 1. The molecule has 29 heavy (non-hydrogen) atoms. The average Bonchev–Trinajstić information content (AvgIpc) is 3.08. The summed E-state index contributed by atoms with van der Waals surface area (Å²) < 4.78 is 1.50. The first-order chi connectivity index (χ1) is 13.7. The van der Waals surface area contributed by atoms with Crippen molar-refractivity contribution in [3.05, 3.63) is 48.8 Å². The third-order valence-corrected chi connectivity index (χ3v) is 8.24. The van der Waals surface area contributed by atoms with E-state index in [4.69, 9.17) is 34.8 Å². The number of thioether (sulfide) groups is 1. The average molecular weight is 553 g/mol. The summed E-state index contributed by atoms with van der Waals surface area (Å²) >= 11 is 24.6. The number of carboxylic acid groups (broad SMARTS) is 1. The molecule has 1 aliphatic heterocycles. The summed E-state index contributed by atoms with van der Waals surface area (Å²) in [6.07, 6.45) is -0.261. The highest BCUT2D eigenvalue weighted by Gasteiger charge is 2.35. The Balaban J connectivity index is 1.77. The molecule has 1 atom stereocenters. The Bertz CT molecular complexity index is 1170. The van der Waals surface area contributed by atoms with Crippen molar-refractivity contribution < 1.29 is 14.7 Å². The maximum atomic E-state index is 13.1. The monoisotopic (exact) mass is 550 g/mol. The largest absolute Gasteiger partial charge is 0.481 e. The number of benzene rings is 2. The van der Waals surface area contributed by atoms with Crippen LogP contribution in [0.25, 0.3) is 10.2 Å². The smallest absolute Gasteiger partial charge is 0.305 e. The lowest BCUT2D eigenvalue weighted by Crippen LogP contribution is -2.41. The highest BCUT2D eigenvalue weighted by atomic mass is 79.9. The number of halogens is 4. The van der Waals surface area contributed by atoms with Crippen LogP contribution in [0.1, 0.15) is 11.4 Å². The minimum absolute atomic E-state index is 0.169. The van der Waals surface area contributed by atoms with E-state index in [1.165, 1.54) is 23.1 Å². The molecule has 0 aliphatic carbocycles. The number of fused-ring (bicyclic) bond motifs is 2. The molecule has 0 radical (unpaired) electrons. The van der Waals surface area contributed by atoms with Crippen LogP contribution in [0.15, 0.2) is 33.6 Å². The molecule has 1 amide bonds. The van der Waals surface area contributed by atoms with Crippen molar-refractivity contribution >= 4 is 102 Å². The summed E-state index contributed by atoms with van der Waals surface area (Å²) in [6, 6.07) is 7.12. The molecule has 0 fully saturated rings. The van der Waals surface area contributed by atoms with Gasteiger partial charge >= 0.3 is 5.97 Å². The second-order valence-electron chi connectivity index (χ2n) is 6.18. The Labute approximate surface area is 197 Å². The topological polar surface area (TPSA) is 70.5 Å². The van der Waals surface area contributed by atoms with Gasteiger partial charge in [-0.25, -0.2) is 4.98 Å². The van der Waals surface area contributed by atoms with Gasteiger partial charge in [-0.2, -0.15) is 0 Å². The van der Waals surface area contributed by atoms with Gasteiger partial charge in [0.2, 0.25) is 5.91 Å². The number of nitrogens with zero attached hydrogens (tertiary/aromatic N) is 2. The van der Waals surface area contributed by atoms with Crippen molar-refractivity contribution in [1.82, 2.24) is 4.98 Å². The lowest BCUT2D eigenvalue weighted by atomic mass is 10.2. The Morgan fingerprint density at radius 1 is 1.24 bits per heavy atom. The first-order valence-corrected chi connectivity index (χ1v) is 11.8. The molecule has 1 aliphatic rings. The fraction of sp³-hybridized carbons (Fsp3) is 0.167. The van der Waals surface area contributed by atoms with E-state index in [0.717, 1.165) is 9.37 Å². The molecular weight excluding hydrogens is 543 g/mol. The molecule has 0 spiro atoms. The van der Waals surface area contributed by atoms with Crippen LogP contribution in [-0.2, 0) is 16.1 Å². The molecule has 0 saturated carbocycles. The lowest BCUT2D eigenvalue weighted by Gasteiger charge is -2.32. The molecule has 1 unspecified atom stereocenters. The summed E-state index contributed by atoms with van der Waals surface area (Å²) in [7, 11) is 0. The van der Waals surface area contributed by atoms with Gasteiger partial charge in [0.05, 0.1) is 43.7 Å². The van der Waals surface area contributed by atoms with Crippen molar-refractivity contribution in [2.75, 3.05) is 4.90 Å². The second kappa shape index (κ2) is 8.24. The van der Waals surface area contributed by atoms with Gasteiger partial charge in [0.25, 0.3) is 0 Å². The zero-order valence-corrected chi connectivity index (χ0v) is 19.8. The molecule has 3 aromatic rings. The van der Waals surface area contributed by atoms with E-state index in [1.54, 1.807) is 11.0 Å². The third kappa shape index (κ3) is 4.11. The predicted octanol–water partition coefficient (Wildman–Crippen LogP) is 6.50. The van der Waals surface area contributed by atoms with E-state index in [1.807, 2.05) is 18.2 Å². The molecule has 0 bridgehead atoms. The number of aromatic nitrogens is 1.